The van der Waals surface area contributed by atoms with Crippen LogP contribution in [0.25, 0.3) is 0 Å². The third-order valence-electron chi connectivity index (χ3n) is 4.43. The smallest absolute Gasteiger partial charge is 0.315 e. The number of ether oxygens (including phenoxy) is 1. The molecule has 2 aliphatic rings. The zero-order valence-electron chi connectivity index (χ0n) is 13.1. The second kappa shape index (κ2) is 6.12. The Hall–Kier alpha value is -1.61. The first kappa shape index (κ1) is 16.3. The second-order valence-electron chi connectivity index (χ2n) is 6.17. The lowest BCUT2D eigenvalue weighted by molar-refractivity contribution is -0.132. The lowest BCUT2D eigenvalue weighted by Crippen LogP contribution is -2.62. The van der Waals surface area contributed by atoms with Crippen LogP contribution in [0, 0.1) is 0 Å². The molecule has 0 bridgehead atoms. The summed E-state index contributed by atoms with van der Waals surface area (Å²) in [5, 5.41) is 10.3. The highest BCUT2D eigenvalue weighted by Crippen LogP contribution is 2.39. The van der Waals surface area contributed by atoms with Crippen molar-refractivity contribution < 1.29 is 22.7 Å². The van der Waals surface area contributed by atoms with E-state index in [0.29, 0.717) is 37.7 Å². The first-order valence-corrected chi connectivity index (χ1v) is 7.71. The van der Waals surface area contributed by atoms with Gasteiger partial charge in [-0.2, -0.15) is 8.78 Å². The van der Waals surface area contributed by atoms with E-state index in [1.165, 1.54) is 0 Å². The number of aromatic nitrogens is 2. The third kappa shape index (κ3) is 3.20. The van der Waals surface area contributed by atoms with Gasteiger partial charge < -0.3 is 14.5 Å². The predicted octanol–water partition coefficient (Wildman–Crippen LogP) is 0.918. The first-order chi connectivity index (χ1) is 10.9. The summed E-state index contributed by atoms with van der Waals surface area (Å²) < 4.78 is 35.8. The van der Waals surface area contributed by atoms with E-state index in [4.69, 9.17) is 9.15 Å². The summed E-state index contributed by atoms with van der Waals surface area (Å²) in [5.41, 5.74) is -0.373. The largest absolute Gasteiger partial charge is 0.424 e. The molecule has 2 saturated heterocycles. The number of hydrogen-bond donors (Lipinski definition) is 1. The fourth-order valence-electron chi connectivity index (χ4n) is 3.12. The normalized spacial score (nSPS) is 24.8. The number of carbonyl (C=O) groups excluding carboxylic acids is 1. The van der Waals surface area contributed by atoms with Crippen molar-refractivity contribution in [3.8, 4) is 0 Å². The van der Waals surface area contributed by atoms with Crippen LogP contribution in [0.15, 0.2) is 4.42 Å². The van der Waals surface area contributed by atoms with Crippen LogP contribution in [0.3, 0.4) is 0 Å². The van der Waals surface area contributed by atoms with E-state index in [0.717, 1.165) is 0 Å². The molecule has 2 fully saturated rings. The van der Waals surface area contributed by atoms with Crippen molar-refractivity contribution in [3.05, 3.63) is 11.8 Å². The quantitative estimate of drug-likeness (QED) is 0.865. The number of alkyl halides is 2. The highest BCUT2D eigenvalue weighted by molar-refractivity contribution is 5.79. The van der Waals surface area contributed by atoms with Gasteiger partial charge in [0.1, 0.15) is 0 Å². The molecular formula is C14H20F2N4O3. The maximum absolute atomic E-state index is 12.3. The predicted molar refractivity (Wildman–Crippen MR) is 74.9 cm³/mol. The number of hydrogen-bond acceptors (Lipinski definition) is 6. The van der Waals surface area contributed by atoms with Crippen molar-refractivity contribution in [3.63, 3.8) is 0 Å². The molecule has 2 atom stereocenters. The minimum absolute atomic E-state index is 0.0215. The molecule has 9 heteroatoms. The van der Waals surface area contributed by atoms with Gasteiger partial charge in [-0.15, -0.1) is 10.2 Å². The topological polar surface area (TPSA) is 80.5 Å². The van der Waals surface area contributed by atoms with Gasteiger partial charge in [0.25, 0.3) is 5.91 Å². The van der Waals surface area contributed by atoms with E-state index in [1.54, 1.807) is 0 Å². The summed E-state index contributed by atoms with van der Waals surface area (Å²) >= 11 is 0. The highest BCUT2D eigenvalue weighted by Gasteiger charge is 2.52. The monoisotopic (exact) mass is 330 g/mol. The Morgan fingerprint density at radius 3 is 2.83 bits per heavy atom. The molecule has 2 aliphatic heterocycles. The van der Waals surface area contributed by atoms with Crippen LogP contribution in [-0.4, -0.2) is 58.8 Å². The van der Waals surface area contributed by atoms with Gasteiger partial charge in [0.15, 0.2) is 0 Å². The van der Waals surface area contributed by atoms with Crippen LogP contribution in [0.2, 0.25) is 0 Å². The van der Waals surface area contributed by atoms with Gasteiger partial charge in [0.05, 0.1) is 24.3 Å². The molecule has 1 N–H and O–H groups in total. The molecule has 1 aromatic rings. The molecule has 7 nitrogen and oxygen atoms in total. The van der Waals surface area contributed by atoms with Gasteiger partial charge in [0.2, 0.25) is 11.8 Å². The Bertz CT molecular complexity index is 574. The van der Waals surface area contributed by atoms with E-state index in [-0.39, 0.29) is 24.3 Å². The number of carbonyl (C=O) groups is 1. The Labute approximate surface area is 132 Å². The number of rotatable bonds is 5. The van der Waals surface area contributed by atoms with Crippen molar-refractivity contribution in [2.45, 2.75) is 50.8 Å². The summed E-state index contributed by atoms with van der Waals surface area (Å²) in [4.78, 5) is 13.2. The Balaban J connectivity index is 1.51. The summed E-state index contributed by atoms with van der Waals surface area (Å²) in [7, 11) is 0. The minimum atomic E-state index is -2.99. The van der Waals surface area contributed by atoms with Crippen molar-refractivity contribution >= 4 is 5.91 Å². The van der Waals surface area contributed by atoms with E-state index < -0.39 is 12.3 Å². The number of nitrogens with one attached hydrogen (secondary N) is 1. The minimum Gasteiger partial charge on any atom is -0.424 e. The zero-order chi connectivity index (χ0) is 16.6. The molecular weight excluding hydrogens is 310 g/mol. The van der Waals surface area contributed by atoms with Crippen molar-refractivity contribution in [1.82, 2.24) is 20.4 Å². The van der Waals surface area contributed by atoms with Gasteiger partial charge >= 0.3 is 6.43 Å². The van der Waals surface area contributed by atoms with Crippen molar-refractivity contribution in [1.29, 1.82) is 0 Å². The van der Waals surface area contributed by atoms with Gasteiger partial charge in [-0.05, 0) is 6.92 Å². The standard InChI is InChI=1S/C14H20F2N4O3/c1-3-10-18-19-13(23-10)8(2)20-6-14(7-20)4-9(5-22-14)17-12(21)11(15)16/h8-9,11H,3-7H2,1-2H3,(H,17,21)/t8-,9-/m1/s1. The van der Waals surface area contributed by atoms with Crippen molar-refractivity contribution in [2.24, 2.45) is 0 Å². The van der Waals surface area contributed by atoms with Gasteiger partial charge in [0, 0.05) is 25.9 Å². The molecule has 1 amide bonds. The molecule has 0 aliphatic carbocycles. The maximum Gasteiger partial charge on any atom is 0.315 e. The van der Waals surface area contributed by atoms with Gasteiger partial charge in [-0.25, -0.2) is 0 Å². The van der Waals surface area contributed by atoms with Crippen LogP contribution in [0.1, 0.15) is 38.1 Å². The lowest BCUT2D eigenvalue weighted by atomic mass is 9.88. The maximum atomic E-state index is 12.3. The lowest BCUT2D eigenvalue weighted by Gasteiger charge is -2.49. The molecule has 0 aromatic carbocycles. The molecule has 1 aromatic heterocycles. The van der Waals surface area contributed by atoms with E-state index in [1.807, 2.05) is 13.8 Å². The second-order valence-corrected chi connectivity index (χ2v) is 6.17. The van der Waals surface area contributed by atoms with Crippen LogP contribution in [0.4, 0.5) is 8.78 Å². The molecule has 1 spiro atoms. The number of halogens is 2. The number of aryl methyl sites for hydroxylation is 1. The fraction of sp³-hybridized carbons (Fsp3) is 0.786. The van der Waals surface area contributed by atoms with E-state index in [9.17, 15) is 13.6 Å². The summed E-state index contributed by atoms with van der Waals surface area (Å²) in [5.74, 6) is -0.0654. The summed E-state index contributed by atoms with van der Waals surface area (Å²) in [6.45, 7) is 5.49. The third-order valence-corrected chi connectivity index (χ3v) is 4.43. The zero-order valence-corrected chi connectivity index (χ0v) is 13.1. The first-order valence-electron chi connectivity index (χ1n) is 7.71. The van der Waals surface area contributed by atoms with Crippen LogP contribution >= 0.6 is 0 Å². The van der Waals surface area contributed by atoms with E-state index in [2.05, 4.69) is 20.4 Å². The van der Waals surface area contributed by atoms with Gasteiger partial charge in [-0.3, -0.25) is 9.69 Å². The Kier molecular flexibility index (Phi) is 4.33. The summed E-state index contributed by atoms with van der Waals surface area (Å²) in [6.07, 6.45) is -1.76. The number of amides is 1. The van der Waals surface area contributed by atoms with Crippen LogP contribution < -0.4 is 5.32 Å². The molecule has 0 radical (unpaired) electrons. The molecule has 0 saturated carbocycles. The molecule has 128 valence electrons. The number of nitrogens with zero attached hydrogens (tertiary/aromatic N) is 3. The van der Waals surface area contributed by atoms with Gasteiger partial charge in [-0.1, -0.05) is 6.92 Å². The SMILES string of the molecule is CCc1nnc([C@@H](C)N2CC3(C[C@@H](NC(=O)C(F)F)CO3)C2)o1. The molecule has 3 rings (SSSR count). The Morgan fingerprint density at radius 2 is 2.22 bits per heavy atom. The van der Waals surface area contributed by atoms with Crippen molar-refractivity contribution in [2.75, 3.05) is 19.7 Å². The molecule has 23 heavy (non-hydrogen) atoms. The number of likely N-dealkylation sites (tertiary alicyclic amines) is 1. The van der Waals surface area contributed by atoms with Crippen LogP contribution in [0.5, 0.6) is 0 Å². The fourth-order valence-corrected chi connectivity index (χ4v) is 3.12. The highest BCUT2D eigenvalue weighted by atomic mass is 19.3. The molecule has 3 heterocycles. The Morgan fingerprint density at radius 1 is 1.48 bits per heavy atom. The van der Waals surface area contributed by atoms with Crippen LogP contribution in [-0.2, 0) is 16.0 Å². The average molecular weight is 330 g/mol. The molecule has 0 unspecified atom stereocenters. The van der Waals surface area contributed by atoms with E-state index >= 15 is 0 Å². The average Bonchev–Trinajstić information content (AvgIpc) is 3.11. The summed E-state index contributed by atoms with van der Waals surface area (Å²) in [6, 6.07) is -0.379.